The lowest BCUT2D eigenvalue weighted by Crippen LogP contribution is -2.47. The van der Waals surface area contributed by atoms with E-state index < -0.39 is 0 Å². The molecule has 1 saturated heterocycles. The molecule has 98 valence electrons. The highest BCUT2D eigenvalue weighted by atomic mass is 16.6. The second-order valence-electron chi connectivity index (χ2n) is 4.96. The van der Waals surface area contributed by atoms with Gasteiger partial charge in [-0.2, -0.15) is 0 Å². The third kappa shape index (κ3) is 2.43. The largest absolute Gasteiger partial charge is 0.355 e. The normalized spacial score (nSPS) is 24.1. The van der Waals surface area contributed by atoms with E-state index in [1.165, 1.54) is 6.07 Å². The van der Waals surface area contributed by atoms with Crippen molar-refractivity contribution >= 4 is 11.5 Å². The van der Waals surface area contributed by atoms with Gasteiger partial charge in [0.1, 0.15) is 5.82 Å². The molecule has 0 bridgehead atoms. The first-order chi connectivity index (χ1) is 8.49. The molecule has 0 aromatic carbocycles. The van der Waals surface area contributed by atoms with Crippen LogP contribution >= 0.6 is 0 Å². The van der Waals surface area contributed by atoms with Crippen LogP contribution in [0, 0.1) is 23.0 Å². The summed E-state index contributed by atoms with van der Waals surface area (Å²) >= 11 is 0. The molecule has 6 heteroatoms. The van der Waals surface area contributed by atoms with Crippen LogP contribution in [0.1, 0.15) is 18.9 Å². The van der Waals surface area contributed by atoms with E-state index in [-0.39, 0.29) is 16.7 Å². The van der Waals surface area contributed by atoms with Gasteiger partial charge in [0, 0.05) is 30.9 Å². The number of rotatable bonds is 2. The third-order valence-electron chi connectivity index (χ3n) is 3.60. The summed E-state index contributed by atoms with van der Waals surface area (Å²) in [5.41, 5.74) is 6.73. The van der Waals surface area contributed by atoms with E-state index in [1.807, 2.05) is 4.90 Å². The predicted molar refractivity (Wildman–Crippen MR) is 69.6 cm³/mol. The number of nitro groups is 1. The van der Waals surface area contributed by atoms with E-state index in [4.69, 9.17) is 5.73 Å². The second-order valence-corrected chi connectivity index (χ2v) is 4.96. The Morgan fingerprint density at radius 1 is 1.61 bits per heavy atom. The first-order valence-electron chi connectivity index (χ1n) is 6.10. The van der Waals surface area contributed by atoms with Crippen LogP contribution in [0.4, 0.5) is 11.5 Å². The fourth-order valence-electron chi connectivity index (χ4n) is 2.18. The Labute approximate surface area is 106 Å². The fourth-order valence-corrected chi connectivity index (χ4v) is 2.18. The van der Waals surface area contributed by atoms with Crippen LogP contribution in [0.5, 0.6) is 0 Å². The Morgan fingerprint density at radius 2 is 2.33 bits per heavy atom. The molecule has 2 unspecified atom stereocenters. The van der Waals surface area contributed by atoms with Crippen LogP contribution in [0.15, 0.2) is 12.3 Å². The summed E-state index contributed by atoms with van der Waals surface area (Å²) in [5, 5.41) is 10.9. The summed E-state index contributed by atoms with van der Waals surface area (Å²) < 4.78 is 0. The third-order valence-corrected chi connectivity index (χ3v) is 3.60. The quantitative estimate of drug-likeness (QED) is 0.634. The first-order valence-corrected chi connectivity index (χ1v) is 6.10. The number of nitrogens with two attached hydrogens (primary N) is 1. The highest BCUT2D eigenvalue weighted by Gasteiger charge is 2.25. The number of pyridine rings is 1. The molecular formula is C12H18N4O2. The number of piperidine rings is 1. The van der Waals surface area contributed by atoms with E-state index in [0.29, 0.717) is 23.8 Å². The van der Waals surface area contributed by atoms with Crippen LogP contribution in [-0.2, 0) is 0 Å². The molecule has 0 aliphatic carbocycles. The molecule has 18 heavy (non-hydrogen) atoms. The molecule has 1 fully saturated rings. The summed E-state index contributed by atoms with van der Waals surface area (Å²) in [6.07, 6.45) is 2.54. The molecule has 1 aromatic heterocycles. The maximum atomic E-state index is 10.9. The Bertz CT molecular complexity index is 463. The second kappa shape index (κ2) is 4.89. The van der Waals surface area contributed by atoms with Gasteiger partial charge in [0.05, 0.1) is 11.0 Å². The zero-order valence-corrected chi connectivity index (χ0v) is 10.7. The first kappa shape index (κ1) is 12.8. The number of aryl methyl sites for hydroxylation is 1. The van der Waals surface area contributed by atoms with E-state index in [2.05, 4.69) is 11.9 Å². The Balaban J connectivity index is 2.24. The average molecular weight is 250 g/mol. The van der Waals surface area contributed by atoms with Gasteiger partial charge < -0.3 is 10.6 Å². The fraction of sp³-hybridized carbons (Fsp3) is 0.583. The Morgan fingerprint density at radius 3 is 2.94 bits per heavy atom. The number of hydrogen-bond acceptors (Lipinski definition) is 5. The number of anilines is 1. The Hall–Kier alpha value is -1.69. The zero-order chi connectivity index (χ0) is 13.3. The van der Waals surface area contributed by atoms with Crippen LogP contribution in [0.3, 0.4) is 0 Å². The van der Waals surface area contributed by atoms with Crippen molar-refractivity contribution in [1.82, 2.24) is 4.98 Å². The minimum Gasteiger partial charge on any atom is -0.355 e. The molecule has 0 saturated carbocycles. The van der Waals surface area contributed by atoms with Crippen molar-refractivity contribution in [3.63, 3.8) is 0 Å². The predicted octanol–water partition coefficient (Wildman–Crippen LogP) is 1.47. The Kier molecular flexibility index (Phi) is 3.47. The molecule has 1 aliphatic heterocycles. The molecule has 0 amide bonds. The van der Waals surface area contributed by atoms with Gasteiger partial charge in [-0.25, -0.2) is 4.98 Å². The summed E-state index contributed by atoms with van der Waals surface area (Å²) in [6, 6.07) is 1.64. The SMILES string of the molecule is Cc1cnc(N2CCC(C)C(N)C2)cc1[N+](=O)[O-]. The van der Waals surface area contributed by atoms with Crippen molar-refractivity contribution < 1.29 is 4.92 Å². The number of hydrogen-bond donors (Lipinski definition) is 1. The van der Waals surface area contributed by atoms with Crippen molar-refractivity contribution in [2.75, 3.05) is 18.0 Å². The summed E-state index contributed by atoms with van der Waals surface area (Å²) in [5.74, 6) is 1.14. The molecular weight excluding hydrogens is 232 g/mol. The van der Waals surface area contributed by atoms with Crippen molar-refractivity contribution in [2.24, 2.45) is 11.7 Å². The summed E-state index contributed by atoms with van der Waals surface area (Å²) in [6.45, 7) is 5.38. The van der Waals surface area contributed by atoms with Crippen LogP contribution in [-0.4, -0.2) is 29.0 Å². The number of nitrogens with zero attached hydrogens (tertiary/aromatic N) is 3. The van der Waals surface area contributed by atoms with Crippen molar-refractivity contribution in [3.05, 3.63) is 27.9 Å². The minimum atomic E-state index is -0.368. The van der Waals surface area contributed by atoms with Gasteiger partial charge in [0.15, 0.2) is 0 Å². The molecule has 1 aliphatic rings. The molecule has 2 rings (SSSR count). The van der Waals surface area contributed by atoms with Gasteiger partial charge in [-0.3, -0.25) is 10.1 Å². The molecule has 2 atom stereocenters. The van der Waals surface area contributed by atoms with Gasteiger partial charge in [0.25, 0.3) is 5.69 Å². The van der Waals surface area contributed by atoms with Crippen LogP contribution in [0.2, 0.25) is 0 Å². The van der Waals surface area contributed by atoms with Gasteiger partial charge >= 0.3 is 0 Å². The highest BCUT2D eigenvalue weighted by Crippen LogP contribution is 2.25. The van der Waals surface area contributed by atoms with Gasteiger partial charge in [0.2, 0.25) is 0 Å². The van der Waals surface area contributed by atoms with E-state index in [1.54, 1.807) is 13.1 Å². The topological polar surface area (TPSA) is 85.3 Å². The molecule has 6 nitrogen and oxygen atoms in total. The highest BCUT2D eigenvalue weighted by molar-refractivity contribution is 5.51. The molecule has 0 radical (unpaired) electrons. The maximum Gasteiger partial charge on any atom is 0.277 e. The molecule has 2 N–H and O–H groups in total. The van der Waals surface area contributed by atoms with Gasteiger partial charge in [-0.05, 0) is 19.3 Å². The smallest absolute Gasteiger partial charge is 0.277 e. The van der Waals surface area contributed by atoms with Crippen molar-refractivity contribution in [1.29, 1.82) is 0 Å². The standard InChI is InChI=1S/C12H18N4O2/c1-8-3-4-15(7-10(8)13)12-5-11(16(17)18)9(2)6-14-12/h5-6,8,10H,3-4,7,13H2,1-2H3. The van der Waals surface area contributed by atoms with E-state index in [9.17, 15) is 10.1 Å². The zero-order valence-electron chi connectivity index (χ0n) is 10.7. The van der Waals surface area contributed by atoms with Crippen molar-refractivity contribution in [3.8, 4) is 0 Å². The molecule has 1 aromatic rings. The lowest BCUT2D eigenvalue weighted by Gasteiger charge is -2.35. The van der Waals surface area contributed by atoms with Gasteiger partial charge in [-0.1, -0.05) is 6.92 Å². The molecule has 2 heterocycles. The summed E-state index contributed by atoms with van der Waals surface area (Å²) in [7, 11) is 0. The number of aromatic nitrogens is 1. The van der Waals surface area contributed by atoms with Gasteiger partial charge in [-0.15, -0.1) is 0 Å². The van der Waals surface area contributed by atoms with Crippen LogP contribution < -0.4 is 10.6 Å². The average Bonchev–Trinajstić information content (AvgIpc) is 2.33. The monoisotopic (exact) mass is 250 g/mol. The van der Waals surface area contributed by atoms with E-state index >= 15 is 0 Å². The van der Waals surface area contributed by atoms with E-state index in [0.717, 1.165) is 13.0 Å². The summed E-state index contributed by atoms with van der Waals surface area (Å²) in [4.78, 5) is 16.8. The van der Waals surface area contributed by atoms with Crippen LogP contribution in [0.25, 0.3) is 0 Å². The minimum absolute atomic E-state index is 0.0981. The van der Waals surface area contributed by atoms with Crippen molar-refractivity contribution in [2.45, 2.75) is 26.3 Å². The lowest BCUT2D eigenvalue weighted by molar-refractivity contribution is -0.385. The molecule has 0 spiro atoms. The maximum absolute atomic E-state index is 10.9. The lowest BCUT2D eigenvalue weighted by atomic mass is 9.94.